The molecule has 0 atom stereocenters. The van der Waals surface area contributed by atoms with Crippen molar-refractivity contribution in [2.75, 3.05) is 19.8 Å². The third-order valence-corrected chi connectivity index (χ3v) is 5.38. The molecule has 2 rings (SSSR count). The molecule has 0 aliphatic rings. The summed E-state index contributed by atoms with van der Waals surface area (Å²) in [6.07, 6.45) is 10.9. The third-order valence-electron chi connectivity index (χ3n) is 5.38. The molecule has 2 N–H and O–H groups in total. The van der Waals surface area contributed by atoms with Crippen molar-refractivity contribution in [2.24, 2.45) is 5.73 Å². The third kappa shape index (κ3) is 9.02. The summed E-state index contributed by atoms with van der Waals surface area (Å²) < 4.78 is 11.9. The zero-order valence-electron chi connectivity index (χ0n) is 19.2. The van der Waals surface area contributed by atoms with Crippen molar-refractivity contribution in [1.82, 2.24) is 0 Å². The van der Waals surface area contributed by atoms with Gasteiger partial charge in [0.25, 0.3) is 0 Å². The molecule has 0 spiro atoms. The van der Waals surface area contributed by atoms with Crippen LogP contribution in [0, 0.1) is 0 Å². The fraction of sp³-hybridized carbons (Fsp3) is 0.429. The molecule has 0 unspecified atom stereocenters. The molecule has 3 nitrogen and oxygen atoms in total. The molecule has 0 aliphatic carbocycles. The van der Waals surface area contributed by atoms with E-state index in [1.165, 1.54) is 43.2 Å². The number of hydrogen-bond donors (Lipinski definition) is 1. The number of rotatable bonds is 16. The van der Waals surface area contributed by atoms with Crippen molar-refractivity contribution in [3.05, 3.63) is 72.8 Å². The van der Waals surface area contributed by atoms with Gasteiger partial charge in [0.2, 0.25) is 0 Å². The molecule has 0 radical (unpaired) electrons. The first-order valence-corrected chi connectivity index (χ1v) is 11.6. The SMILES string of the molecule is C=CCCOc1cccc(-c2cc(OCCC(=C)CN)ccc2CCCCCCC)c1. The number of unbranched alkanes of at least 4 members (excludes halogenated alkanes) is 4. The topological polar surface area (TPSA) is 44.5 Å². The van der Waals surface area contributed by atoms with Crippen molar-refractivity contribution in [3.63, 3.8) is 0 Å². The molecule has 2 aromatic carbocycles. The van der Waals surface area contributed by atoms with Crippen LogP contribution in [-0.2, 0) is 6.42 Å². The molecule has 3 heteroatoms. The van der Waals surface area contributed by atoms with E-state index in [1.54, 1.807) is 0 Å². The molecule has 0 heterocycles. The molecular formula is C28H39NO2. The number of nitrogens with two attached hydrogens (primary N) is 1. The molecule has 0 amide bonds. The Morgan fingerprint density at radius 1 is 0.968 bits per heavy atom. The predicted molar refractivity (Wildman–Crippen MR) is 133 cm³/mol. The highest BCUT2D eigenvalue weighted by Gasteiger charge is 2.09. The monoisotopic (exact) mass is 421 g/mol. The van der Waals surface area contributed by atoms with Crippen LogP contribution in [0.4, 0.5) is 0 Å². The van der Waals surface area contributed by atoms with Crippen LogP contribution in [0.5, 0.6) is 11.5 Å². The van der Waals surface area contributed by atoms with E-state index in [0.29, 0.717) is 19.8 Å². The standard InChI is InChI=1S/C28H39NO2/c1-4-6-8-9-10-12-24-15-16-27(31-19-17-23(3)22-29)21-28(24)25-13-11-14-26(20-25)30-18-7-5-2/h5,11,13-16,20-21H,2-4,6-10,12,17-19,22,29H2,1H3. The van der Waals surface area contributed by atoms with E-state index in [9.17, 15) is 0 Å². The number of aryl methyl sites for hydroxylation is 1. The highest BCUT2D eigenvalue weighted by molar-refractivity contribution is 5.70. The van der Waals surface area contributed by atoms with Crippen LogP contribution in [0.3, 0.4) is 0 Å². The summed E-state index contributed by atoms with van der Waals surface area (Å²) in [4.78, 5) is 0. The van der Waals surface area contributed by atoms with Crippen LogP contribution in [0.25, 0.3) is 11.1 Å². The molecule has 168 valence electrons. The molecule has 0 fully saturated rings. The van der Waals surface area contributed by atoms with Gasteiger partial charge in [-0.25, -0.2) is 0 Å². The quantitative estimate of drug-likeness (QED) is 0.232. The van der Waals surface area contributed by atoms with E-state index >= 15 is 0 Å². The Kier molecular flexibility index (Phi) is 11.6. The van der Waals surface area contributed by atoms with E-state index < -0.39 is 0 Å². The fourth-order valence-corrected chi connectivity index (χ4v) is 3.48. The van der Waals surface area contributed by atoms with Gasteiger partial charge in [-0.2, -0.15) is 0 Å². The Hall–Kier alpha value is -2.52. The second kappa shape index (κ2) is 14.5. The van der Waals surface area contributed by atoms with Crippen LogP contribution in [-0.4, -0.2) is 19.8 Å². The van der Waals surface area contributed by atoms with Crippen molar-refractivity contribution < 1.29 is 9.47 Å². The van der Waals surface area contributed by atoms with Gasteiger partial charge in [-0.3, -0.25) is 0 Å². The maximum atomic E-state index is 6.00. The molecule has 0 aromatic heterocycles. The van der Waals surface area contributed by atoms with E-state index in [1.807, 2.05) is 12.1 Å². The zero-order chi connectivity index (χ0) is 22.3. The van der Waals surface area contributed by atoms with Gasteiger partial charge in [-0.1, -0.05) is 69.0 Å². The average Bonchev–Trinajstić information content (AvgIpc) is 2.79. The summed E-state index contributed by atoms with van der Waals surface area (Å²) in [7, 11) is 0. The molecule has 0 saturated heterocycles. The first-order valence-electron chi connectivity index (χ1n) is 11.6. The fourth-order valence-electron chi connectivity index (χ4n) is 3.48. The smallest absolute Gasteiger partial charge is 0.119 e. The van der Waals surface area contributed by atoms with Gasteiger partial charge in [-0.15, -0.1) is 6.58 Å². The molecule has 0 aliphatic heterocycles. The van der Waals surface area contributed by atoms with Gasteiger partial charge in [0.05, 0.1) is 13.2 Å². The van der Waals surface area contributed by atoms with Crippen LogP contribution in [0.15, 0.2) is 67.3 Å². The first kappa shape index (κ1) is 24.7. The second-order valence-corrected chi connectivity index (χ2v) is 7.99. The van der Waals surface area contributed by atoms with Gasteiger partial charge < -0.3 is 15.2 Å². The highest BCUT2D eigenvalue weighted by Crippen LogP contribution is 2.32. The van der Waals surface area contributed by atoms with Crippen LogP contribution < -0.4 is 15.2 Å². The maximum absolute atomic E-state index is 6.00. The number of hydrogen-bond acceptors (Lipinski definition) is 3. The van der Waals surface area contributed by atoms with E-state index in [4.69, 9.17) is 15.2 Å². The Labute approximate surface area is 189 Å². The lowest BCUT2D eigenvalue weighted by molar-refractivity contribution is 0.321. The number of benzene rings is 2. The van der Waals surface area contributed by atoms with Gasteiger partial charge in [0.1, 0.15) is 11.5 Å². The largest absolute Gasteiger partial charge is 0.493 e. The Morgan fingerprint density at radius 3 is 2.52 bits per heavy atom. The van der Waals surface area contributed by atoms with Gasteiger partial charge in [-0.05, 0) is 60.2 Å². The normalized spacial score (nSPS) is 10.6. The van der Waals surface area contributed by atoms with Gasteiger partial charge in [0.15, 0.2) is 0 Å². The van der Waals surface area contributed by atoms with Crippen LogP contribution in [0.1, 0.15) is 57.4 Å². The minimum atomic E-state index is 0.504. The molecule has 31 heavy (non-hydrogen) atoms. The molecule has 0 bridgehead atoms. The average molecular weight is 422 g/mol. The lowest BCUT2D eigenvalue weighted by Gasteiger charge is -2.15. The Bertz CT molecular complexity index is 812. The van der Waals surface area contributed by atoms with Crippen LogP contribution >= 0.6 is 0 Å². The number of ether oxygens (including phenoxy) is 2. The lowest BCUT2D eigenvalue weighted by Crippen LogP contribution is -2.06. The van der Waals surface area contributed by atoms with Crippen molar-refractivity contribution >= 4 is 0 Å². The highest BCUT2D eigenvalue weighted by atomic mass is 16.5. The van der Waals surface area contributed by atoms with E-state index in [0.717, 1.165) is 41.9 Å². The lowest BCUT2D eigenvalue weighted by atomic mass is 9.95. The summed E-state index contributed by atoms with van der Waals surface area (Å²) >= 11 is 0. The minimum Gasteiger partial charge on any atom is -0.493 e. The van der Waals surface area contributed by atoms with E-state index in [2.05, 4.69) is 56.5 Å². The molecule has 0 saturated carbocycles. The first-order chi connectivity index (χ1) is 15.2. The van der Waals surface area contributed by atoms with Crippen molar-refractivity contribution in [3.8, 4) is 22.6 Å². The summed E-state index contributed by atoms with van der Waals surface area (Å²) in [5.41, 5.74) is 10.4. The summed E-state index contributed by atoms with van der Waals surface area (Å²) in [5.74, 6) is 1.77. The van der Waals surface area contributed by atoms with Crippen LogP contribution in [0.2, 0.25) is 0 Å². The Balaban J connectivity index is 2.18. The summed E-state index contributed by atoms with van der Waals surface area (Å²) in [6.45, 7) is 11.7. The van der Waals surface area contributed by atoms with Gasteiger partial charge >= 0.3 is 0 Å². The predicted octanol–water partition coefficient (Wildman–Crippen LogP) is 7.11. The molecular weight excluding hydrogens is 382 g/mol. The van der Waals surface area contributed by atoms with E-state index in [-0.39, 0.29) is 0 Å². The second-order valence-electron chi connectivity index (χ2n) is 7.99. The summed E-state index contributed by atoms with van der Waals surface area (Å²) in [5, 5.41) is 0. The molecule has 2 aromatic rings. The minimum absolute atomic E-state index is 0.504. The Morgan fingerprint density at radius 2 is 1.74 bits per heavy atom. The van der Waals surface area contributed by atoms with Crippen molar-refractivity contribution in [1.29, 1.82) is 0 Å². The zero-order valence-corrected chi connectivity index (χ0v) is 19.2. The van der Waals surface area contributed by atoms with Gasteiger partial charge in [0, 0.05) is 13.0 Å². The van der Waals surface area contributed by atoms with Crippen molar-refractivity contribution in [2.45, 2.75) is 58.3 Å². The summed E-state index contributed by atoms with van der Waals surface area (Å²) in [6, 6.07) is 14.8. The maximum Gasteiger partial charge on any atom is 0.119 e.